The van der Waals surface area contributed by atoms with Gasteiger partial charge in [0.05, 0.1) is 11.5 Å². The molecule has 1 amide bonds. The molecule has 0 N–H and O–H groups in total. The van der Waals surface area contributed by atoms with E-state index in [-0.39, 0.29) is 17.8 Å². The monoisotopic (exact) mass is 380 g/mol. The molecule has 1 aromatic carbocycles. The van der Waals surface area contributed by atoms with Gasteiger partial charge in [-0.2, -0.15) is 4.52 Å². The zero-order chi connectivity index (χ0) is 19.5. The number of hydrogen-bond donors (Lipinski definition) is 0. The Morgan fingerprint density at radius 2 is 1.86 bits per heavy atom. The van der Waals surface area contributed by atoms with Crippen LogP contribution in [0.25, 0.3) is 5.65 Å². The molecule has 0 radical (unpaired) electrons. The molecule has 144 valence electrons. The molecule has 2 aliphatic rings. The maximum Gasteiger partial charge on any atom is 0.233 e. The fraction of sp³-hybridized carbons (Fsp3) is 0.400. The molecule has 8 heteroatoms. The molecule has 1 aliphatic carbocycles. The first kappa shape index (κ1) is 17.1. The first-order valence-corrected chi connectivity index (χ1v) is 9.45. The number of carbonyl (C=O) groups is 1. The van der Waals surface area contributed by atoms with Gasteiger partial charge in [-0.05, 0) is 49.6 Å². The van der Waals surface area contributed by atoms with Crippen LogP contribution in [0.1, 0.15) is 24.2 Å². The van der Waals surface area contributed by atoms with E-state index in [4.69, 9.17) is 0 Å². The van der Waals surface area contributed by atoms with Crippen LogP contribution in [0.2, 0.25) is 0 Å². The van der Waals surface area contributed by atoms with Gasteiger partial charge in [0.2, 0.25) is 5.91 Å². The van der Waals surface area contributed by atoms with Crippen molar-refractivity contribution in [1.29, 1.82) is 0 Å². The van der Waals surface area contributed by atoms with Crippen LogP contribution in [0.4, 0.5) is 10.2 Å². The molecule has 0 bridgehead atoms. The molecule has 1 saturated carbocycles. The van der Waals surface area contributed by atoms with E-state index in [2.05, 4.69) is 20.2 Å². The van der Waals surface area contributed by atoms with Gasteiger partial charge in [-0.3, -0.25) is 4.79 Å². The van der Waals surface area contributed by atoms with Crippen molar-refractivity contribution in [3.8, 4) is 0 Å². The first-order chi connectivity index (χ1) is 13.5. The molecule has 0 unspecified atom stereocenters. The third-order valence-corrected chi connectivity index (χ3v) is 6.02. The SMILES string of the molecule is Cc1nnc2ccc(N3CC(N(C)C(=O)C4(c5ccc(F)cc5)CC4)C3)nn12. The van der Waals surface area contributed by atoms with Gasteiger partial charge >= 0.3 is 0 Å². The Morgan fingerprint density at radius 3 is 2.54 bits per heavy atom. The Hall–Kier alpha value is -3.03. The Morgan fingerprint density at radius 1 is 1.14 bits per heavy atom. The summed E-state index contributed by atoms with van der Waals surface area (Å²) in [5, 5.41) is 12.7. The Balaban J connectivity index is 1.28. The van der Waals surface area contributed by atoms with Crippen molar-refractivity contribution in [2.75, 3.05) is 25.0 Å². The highest BCUT2D eigenvalue weighted by Gasteiger charge is 2.54. The lowest BCUT2D eigenvalue weighted by Crippen LogP contribution is -2.61. The molecule has 0 atom stereocenters. The van der Waals surface area contributed by atoms with E-state index < -0.39 is 5.41 Å². The summed E-state index contributed by atoms with van der Waals surface area (Å²) < 4.78 is 15.0. The molecule has 0 spiro atoms. The molecular weight excluding hydrogens is 359 g/mol. The van der Waals surface area contributed by atoms with Gasteiger partial charge < -0.3 is 9.80 Å². The number of carbonyl (C=O) groups excluding carboxylic acids is 1. The van der Waals surface area contributed by atoms with E-state index in [9.17, 15) is 9.18 Å². The van der Waals surface area contributed by atoms with Crippen LogP contribution in [0, 0.1) is 12.7 Å². The summed E-state index contributed by atoms with van der Waals surface area (Å²) in [4.78, 5) is 17.2. The smallest absolute Gasteiger partial charge is 0.233 e. The van der Waals surface area contributed by atoms with Crippen LogP contribution < -0.4 is 4.90 Å². The fourth-order valence-electron chi connectivity index (χ4n) is 3.97. The second kappa shape index (κ2) is 5.98. The van der Waals surface area contributed by atoms with Crippen LogP contribution in [0.15, 0.2) is 36.4 Å². The van der Waals surface area contributed by atoms with Crippen LogP contribution >= 0.6 is 0 Å². The molecular formula is C20H21FN6O. The number of aromatic nitrogens is 4. The van der Waals surface area contributed by atoms with Crippen molar-refractivity contribution in [2.24, 2.45) is 0 Å². The Labute approximate surface area is 161 Å². The summed E-state index contributed by atoms with van der Waals surface area (Å²) in [6.45, 7) is 3.34. The van der Waals surface area contributed by atoms with Gasteiger partial charge in [0, 0.05) is 20.1 Å². The number of nitrogens with zero attached hydrogens (tertiary/aromatic N) is 6. The minimum Gasteiger partial charge on any atom is -0.351 e. The van der Waals surface area contributed by atoms with E-state index in [0.717, 1.165) is 48.8 Å². The molecule has 2 aromatic heterocycles. The molecule has 1 saturated heterocycles. The number of likely N-dealkylation sites (N-methyl/N-ethyl adjacent to an activating group) is 1. The maximum absolute atomic E-state index is 13.2. The Kier molecular flexibility index (Phi) is 3.65. The third kappa shape index (κ3) is 2.55. The topological polar surface area (TPSA) is 66.6 Å². The maximum atomic E-state index is 13.2. The highest BCUT2D eigenvalue weighted by atomic mass is 19.1. The molecule has 7 nitrogen and oxygen atoms in total. The molecule has 5 rings (SSSR count). The average Bonchev–Trinajstić information content (AvgIpc) is 3.39. The third-order valence-electron chi connectivity index (χ3n) is 6.02. The zero-order valence-electron chi connectivity index (χ0n) is 15.8. The molecule has 3 heterocycles. The van der Waals surface area contributed by atoms with Gasteiger partial charge in [0.15, 0.2) is 11.5 Å². The number of anilines is 1. The normalized spacial score (nSPS) is 18.2. The van der Waals surface area contributed by atoms with Gasteiger partial charge in [-0.1, -0.05) is 12.1 Å². The van der Waals surface area contributed by atoms with Crippen molar-refractivity contribution in [2.45, 2.75) is 31.2 Å². The number of fused-ring (bicyclic) bond motifs is 1. The van der Waals surface area contributed by atoms with E-state index in [1.807, 2.05) is 31.0 Å². The van der Waals surface area contributed by atoms with Crippen molar-refractivity contribution in [1.82, 2.24) is 24.7 Å². The predicted octanol–water partition coefficient (Wildman–Crippen LogP) is 1.95. The summed E-state index contributed by atoms with van der Waals surface area (Å²) in [7, 11) is 1.87. The lowest BCUT2D eigenvalue weighted by atomic mass is 9.93. The second-order valence-electron chi connectivity index (χ2n) is 7.77. The largest absolute Gasteiger partial charge is 0.351 e. The predicted molar refractivity (Wildman–Crippen MR) is 102 cm³/mol. The number of aryl methyl sites for hydroxylation is 1. The highest BCUT2D eigenvalue weighted by molar-refractivity contribution is 5.91. The van der Waals surface area contributed by atoms with Gasteiger partial charge in [-0.15, -0.1) is 15.3 Å². The molecule has 28 heavy (non-hydrogen) atoms. The van der Waals surface area contributed by atoms with Gasteiger partial charge in [-0.25, -0.2) is 4.39 Å². The number of rotatable bonds is 4. The van der Waals surface area contributed by atoms with Crippen LogP contribution in [0.5, 0.6) is 0 Å². The summed E-state index contributed by atoms with van der Waals surface area (Å²) >= 11 is 0. The highest BCUT2D eigenvalue weighted by Crippen LogP contribution is 2.50. The summed E-state index contributed by atoms with van der Waals surface area (Å²) in [5.74, 6) is 1.45. The first-order valence-electron chi connectivity index (χ1n) is 9.45. The lowest BCUT2D eigenvalue weighted by Gasteiger charge is -2.45. The molecule has 2 fully saturated rings. The minimum atomic E-state index is -0.473. The summed E-state index contributed by atoms with van der Waals surface area (Å²) in [6.07, 6.45) is 1.65. The van der Waals surface area contributed by atoms with Crippen molar-refractivity contribution in [3.63, 3.8) is 0 Å². The van der Waals surface area contributed by atoms with E-state index in [1.54, 1.807) is 16.6 Å². The lowest BCUT2D eigenvalue weighted by molar-refractivity contribution is -0.135. The quantitative estimate of drug-likeness (QED) is 0.692. The second-order valence-corrected chi connectivity index (χ2v) is 7.77. The number of benzene rings is 1. The number of amides is 1. The Bertz CT molecular complexity index is 1050. The standard InChI is InChI=1S/C20H21FN6O/c1-13-22-23-17-7-8-18(24-27(13)17)26-11-16(12-26)25(2)19(28)20(9-10-20)14-3-5-15(21)6-4-14/h3-8,16H,9-12H2,1-2H3. The van der Waals surface area contributed by atoms with E-state index in [0.29, 0.717) is 0 Å². The average molecular weight is 380 g/mol. The van der Waals surface area contributed by atoms with Gasteiger partial charge in [0.25, 0.3) is 0 Å². The van der Waals surface area contributed by atoms with Gasteiger partial charge in [0.1, 0.15) is 11.6 Å². The van der Waals surface area contributed by atoms with E-state index in [1.165, 1.54) is 12.1 Å². The fourth-order valence-corrected chi connectivity index (χ4v) is 3.97. The zero-order valence-corrected chi connectivity index (χ0v) is 15.8. The number of halogens is 1. The summed E-state index contributed by atoms with van der Waals surface area (Å²) in [6, 6.07) is 10.3. The van der Waals surface area contributed by atoms with E-state index >= 15 is 0 Å². The van der Waals surface area contributed by atoms with Crippen molar-refractivity contribution in [3.05, 3.63) is 53.6 Å². The van der Waals surface area contributed by atoms with Crippen LogP contribution in [-0.4, -0.2) is 56.8 Å². The molecule has 3 aromatic rings. The molecule has 1 aliphatic heterocycles. The number of hydrogen-bond acceptors (Lipinski definition) is 5. The van der Waals surface area contributed by atoms with Crippen LogP contribution in [-0.2, 0) is 10.2 Å². The van der Waals surface area contributed by atoms with Crippen molar-refractivity contribution < 1.29 is 9.18 Å². The summed E-state index contributed by atoms with van der Waals surface area (Å²) in [5.41, 5.74) is 1.16. The van der Waals surface area contributed by atoms with Crippen molar-refractivity contribution >= 4 is 17.4 Å². The minimum absolute atomic E-state index is 0.127. The van der Waals surface area contributed by atoms with Crippen LogP contribution in [0.3, 0.4) is 0 Å².